The van der Waals surface area contributed by atoms with Crippen LogP contribution in [0.3, 0.4) is 0 Å². The molecule has 0 fully saturated rings. The Labute approximate surface area is 157 Å². The maximum absolute atomic E-state index is 12.0. The van der Waals surface area contributed by atoms with Crippen molar-refractivity contribution in [2.24, 2.45) is 0 Å². The summed E-state index contributed by atoms with van der Waals surface area (Å²) in [4.78, 5) is 16.5. The van der Waals surface area contributed by atoms with Crippen LogP contribution in [0.4, 0.5) is 5.13 Å². The SMILES string of the molecule is CCCOc1ccc(-c2csc(NC(=O)/C=C/c3ccccc3)n2)cc1. The number of nitrogens with zero attached hydrogens (tertiary/aromatic N) is 1. The number of carbonyl (C=O) groups excluding carboxylic acids is 1. The Morgan fingerprint density at radius 2 is 1.92 bits per heavy atom. The molecule has 1 aromatic heterocycles. The van der Waals surface area contributed by atoms with Crippen LogP contribution in [0.15, 0.2) is 66.1 Å². The highest BCUT2D eigenvalue weighted by Gasteiger charge is 2.07. The zero-order valence-electron chi connectivity index (χ0n) is 14.5. The third kappa shape index (κ3) is 5.04. The van der Waals surface area contributed by atoms with Crippen LogP contribution in [-0.4, -0.2) is 17.5 Å². The van der Waals surface area contributed by atoms with Gasteiger partial charge in [-0.1, -0.05) is 37.3 Å². The Bertz CT molecular complexity index is 871. The van der Waals surface area contributed by atoms with E-state index in [0.29, 0.717) is 11.7 Å². The molecule has 3 rings (SSSR count). The van der Waals surface area contributed by atoms with Gasteiger partial charge < -0.3 is 4.74 Å². The number of aromatic nitrogens is 1. The highest BCUT2D eigenvalue weighted by atomic mass is 32.1. The predicted octanol–water partition coefficient (Wildman–Crippen LogP) is 5.25. The number of thiazole rings is 1. The smallest absolute Gasteiger partial charge is 0.250 e. The van der Waals surface area contributed by atoms with Gasteiger partial charge in [0.05, 0.1) is 12.3 Å². The summed E-state index contributed by atoms with van der Waals surface area (Å²) < 4.78 is 5.58. The van der Waals surface area contributed by atoms with E-state index in [0.717, 1.165) is 29.0 Å². The molecule has 0 unspecified atom stereocenters. The minimum atomic E-state index is -0.196. The number of rotatable bonds is 7. The molecule has 0 radical (unpaired) electrons. The fourth-order valence-electron chi connectivity index (χ4n) is 2.29. The summed E-state index contributed by atoms with van der Waals surface area (Å²) in [5.41, 5.74) is 2.80. The Balaban J connectivity index is 1.60. The second kappa shape index (κ2) is 8.97. The first-order valence-corrected chi connectivity index (χ1v) is 9.35. The standard InChI is InChI=1S/C21H20N2O2S/c1-2-14-25-18-11-9-17(10-12-18)19-15-26-21(22-19)23-20(24)13-8-16-6-4-3-5-7-16/h3-13,15H,2,14H2,1H3,(H,22,23,24)/b13-8+. The second-order valence-electron chi connectivity index (χ2n) is 5.64. The van der Waals surface area contributed by atoms with E-state index in [4.69, 9.17) is 4.74 Å². The molecule has 4 nitrogen and oxygen atoms in total. The van der Waals surface area contributed by atoms with Crippen molar-refractivity contribution in [1.29, 1.82) is 0 Å². The Morgan fingerprint density at radius 3 is 2.65 bits per heavy atom. The molecule has 0 aliphatic rings. The van der Waals surface area contributed by atoms with E-state index in [2.05, 4.69) is 17.2 Å². The highest BCUT2D eigenvalue weighted by Crippen LogP contribution is 2.26. The maximum atomic E-state index is 12.0. The van der Waals surface area contributed by atoms with Gasteiger partial charge in [-0.3, -0.25) is 10.1 Å². The van der Waals surface area contributed by atoms with Gasteiger partial charge >= 0.3 is 0 Å². The molecule has 3 aromatic rings. The molecule has 5 heteroatoms. The quantitative estimate of drug-likeness (QED) is 0.583. The van der Waals surface area contributed by atoms with Crippen LogP contribution >= 0.6 is 11.3 Å². The first kappa shape index (κ1) is 17.9. The van der Waals surface area contributed by atoms with Gasteiger partial charge in [0, 0.05) is 17.0 Å². The van der Waals surface area contributed by atoms with Crippen molar-refractivity contribution >= 4 is 28.5 Å². The van der Waals surface area contributed by atoms with Crippen LogP contribution in [0.25, 0.3) is 17.3 Å². The maximum Gasteiger partial charge on any atom is 0.250 e. The van der Waals surface area contributed by atoms with Crippen LogP contribution in [0, 0.1) is 0 Å². The van der Waals surface area contributed by atoms with E-state index in [1.54, 1.807) is 6.08 Å². The average Bonchev–Trinajstić information content (AvgIpc) is 3.14. The molecule has 0 aliphatic heterocycles. The van der Waals surface area contributed by atoms with Gasteiger partial charge in [-0.15, -0.1) is 11.3 Å². The molecule has 1 heterocycles. The molecule has 132 valence electrons. The zero-order valence-corrected chi connectivity index (χ0v) is 15.3. The van der Waals surface area contributed by atoms with Gasteiger partial charge in [0.1, 0.15) is 5.75 Å². The fourth-order valence-corrected chi connectivity index (χ4v) is 3.01. The molecule has 1 N–H and O–H groups in total. The summed E-state index contributed by atoms with van der Waals surface area (Å²) in [6.45, 7) is 2.79. The lowest BCUT2D eigenvalue weighted by Crippen LogP contribution is -2.07. The van der Waals surface area contributed by atoms with Crippen molar-refractivity contribution in [1.82, 2.24) is 4.98 Å². The van der Waals surface area contributed by atoms with Crippen molar-refractivity contribution in [3.63, 3.8) is 0 Å². The lowest BCUT2D eigenvalue weighted by molar-refractivity contribution is -0.111. The van der Waals surface area contributed by atoms with E-state index >= 15 is 0 Å². The molecular formula is C21H20N2O2S. The molecular weight excluding hydrogens is 344 g/mol. The highest BCUT2D eigenvalue weighted by molar-refractivity contribution is 7.14. The summed E-state index contributed by atoms with van der Waals surface area (Å²) in [6, 6.07) is 17.5. The second-order valence-corrected chi connectivity index (χ2v) is 6.50. The molecule has 0 aliphatic carbocycles. The van der Waals surface area contributed by atoms with Crippen molar-refractivity contribution in [2.75, 3.05) is 11.9 Å². The topological polar surface area (TPSA) is 51.2 Å². The van der Waals surface area contributed by atoms with Crippen LogP contribution in [0.2, 0.25) is 0 Å². The van der Waals surface area contributed by atoms with Crippen molar-refractivity contribution < 1.29 is 9.53 Å². The molecule has 26 heavy (non-hydrogen) atoms. The number of amides is 1. The average molecular weight is 364 g/mol. The molecule has 0 saturated heterocycles. The summed E-state index contributed by atoms with van der Waals surface area (Å²) >= 11 is 1.40. The first-order valence-electron chi connectivity index (χ1n) is 8.47. The zero-order chi connectivity index (χ0) is 18.2. The number of nitrogens with one attached hydrogen (secondary N) is 1. The molecule has 0 bridgehead atoms. The summed E-state index contributed by atoms with van der Waals surface area (Å²) in [5.74, 6) is 0.656. The molecule has 0 spiro atoms. The van der Waals surface area contributed by atoms with Crippen molar-refractivity contribution in [3.05, 3.63) is 71.6 Å². The molecule has 0 atom stereocenters. The van der Waals surface area contributed by atoms with Crippen LogP contribution < -0.4 is 10.1 Å². The number of carbonyl (C=O) groups is 1. The number of anilines is 1. The lowest BCUT2D eigenvalue weighted by atomic mass is 10.2. The Kier molecular flexibility index (Phi) is 6.17. The third-order valence-corrected chi connectivity index (χ3v) is 4.34. The number of benzene rings is 2. The summed E-state index contributed by atoms with van der Waals surface area (Å²) in [6.07, 6.45) is 4.27. The van der Waals surface area contributed by atoms with E-state index in [1.807, 2.05) is 60.0 Å². The Morgan fingerprint density at radius 1 is 1.15 bits per heavy atom. The van der Waals surface area contributed by atoms with Crippen LogP contribution in [-0.2, 0) is 4.79 Å². The minimum Gasteiger partial charge on any atom is -0.494 e. The van der Waals surface area contributed by atoms with Crippen molar-refractivity contribution in [3.8, 4) is 17.0 Å². The van der Waals surface area contributed by atoms with Gasteiger partial charge in [-0.05, 0) is 42.3 Å². The minimum absolute atomic E-state index is 0.196. The lowest BCUT2D eigenvalue weighted by Gasteiger charge is -2.04. The fraction of sp³-hybridized carbons (Fsp3) is 0.143. The van der Waals surface area contributed by atoms with Gasteiger partial charge in [0.15, 0.2) is 5.13 Å². The van der Waals surface area contributed by atoms with E-state index in [9.17, 15) is 4.79 Å². The Hall–Kier alpha value is -2.92. The molecule has 2 aromatic carbocycles. The van der Waals surface area contributed by atoms with E-state index < -0.39 is 0 Å². The summed E-state index contributed by atoms with van der Waals surface area (Å²) in [7, 11) is 0. The normalized spacial score (nSPS) is 10.8. The monoisotopic (exact) mass is 364 g/mol. The van der Waals surface area contributed by atoms with Crippen LogP contribution in [0.5, 0.6) is 5.75 Å². The van der Waals surface area contributed by atoms with Crippen LogP contribution in [0.1, 0.15) is 18.9 Å². The van der Waals surface area contributed by atoms with Gasteiger partial charge in [0.25, 0.3) is 0 Å². The third-order valence-electron chi connectivity index (χ3n) is 3.58. The van der Waals surface area contributed by atoms with Gasteiger partial charge in [0.2, 0.25) is 5.91 Å². The van der Waals surface area contributed by atoms with E-state index in [1.165, 1.54) is 17.4 Å². The molecule has 1 amide bonds. The molecule has 0 saturated carbocycles. The number of ether oxygens (including phenoxy) is 1. The summed E-state index contributed by atoms with van der Waals surface area (Å²) in [5, 5.41) is 5.31. The van der Waals surface area contributed by atoms with Gasteiger partial charge in [-0.2, -0.15) is 0 Å². The van der Waals surface area contributed by atoms with Gasteiger partial charge in [-0.25, -0.2) is 4.98 Å². The predicted molar refractivity (Wildman–Crippen MR) is 107 cm³/mol. The van der Waals surface area contributed by atoms with E-state index in [-0.39, 0.29) is 5.91 Å². The van der Waals surface area contributed by atoms with Crippen molar-refractivity contribution in [2.45, 2.75) is 13.3 Å². The largest absolute Gasteiger partial charge is 0.494 e. The number of hydrogen-bond acceptors (Lipinski definition) is 4. The first-order chi connectivity index (χ1) is 12.7. The number of hydrogen-bond donors (Lipinski definition) is 1.